The van der Waals surface area contributed by atoms with Gasteiger partial charge in [-0.3, -0.25) is 0 Å². The highest BCUT2D eigenvalue weighted by atomic mass is 16.5. The predicted molar refractivity (Wildman–Crippen MR) is 57.5 cm³/mol. The average Bonchev–Trinajstić information content (AvgIpc) is 2.16. The molecular formula is C11H23NO2. The van der Waals surface area contributed by atoms with E-state index < -0.39 is 0 Å². The van der Waals surface area contributed by atoms with Gasteiger partial charge in [0.2, 0.25) is 0 Å². The lowest BCUT2D eigenvalue weighted by atomic mass is 9.85. The number of unbranched alkanes of at least 4 members (excludes halogenated alkanes) is 2. The van der Waals surface area contributed by atoms with Crippen molar-refractivity contribution in [1.82, 2.24) is 5.32 Å². The number of methoxy groups -OCH3 is 1. The minimum absolute atomic E-state index is 0.252. The molecule has 0 amide bonds. The summed E-state index contributed by atoms with van der Waals surface area (Å²) < 4.78 is 11.1. The monoisotopic (exact) mass is 201 g/mol. The molecule has 84 valence electrons. The topological polar surface area (TPSA) is 30.5 Å². The highest BCUT2D eigenvalue weighted by Crippen LogP contribution is 2.26. The van der Waals surface area contributed by atoms with E-state index in [0.29, 0.717) is 12.1 Å². The van der Waals surface area contributed by atoms with E-state index in [1.807, 2.05) is 7.05 Å². The zero-order valence-electron chi connectivity index (χ0n) is 9.58. The third-order valence-electron chi connectivity index (χ3n) is 2.97. The molecule has 0 aromatic rings. The van der Waals surface area contributed by atoms with E-state index >= 15 is 0 Å². The largest absolute Gasteiger partial charge is 0.377 e. The van der Waals surface area contributed by atoms with Crippen LogP contribution in [0, 0.1) is 0 Å². The first-order chi connectivity index (χ1) is 6.83. The highest BCUT2D eigenvalue weighted by Gasteiger charge is 2.41. The number of hydrogen-bond acceptors (Lipinski definition) is 3. The Labute approximate surface area is 87.2 Å². The van der Waals surface area contributed by atoms with E-state index in [-0.39, 0.29) is 6.10 Å². The number of likely N-dealkylation sites (N-methyl/N-ethyl adjacent to an activating group) is 1. The summed E-state index contributed by atoms with van der Waals surface area (Å²) in [5.74, 6) is 0. The summed E-state index contributed by atoms with van der Waals surface area (Å²) in [6.07, 6.45) is 5.34. The zero-order chi connectivity index (χ0) is 10.4. The molecule has 1 saturated carbocycles. The fraction of sp³-hybridized carbons (Fsp3) is 1.00. The van der Waals surface area contributed by atoms with Crippen molar-refractivity contribution in [3.8, 4) is 0 Å². The summed E-state index contributed by atoms with van der Waals surface area (Å²) in [5.41, 5.74) is 0. The van der Waals surface area contributed by atoms with Crippen LogP contribution in [0.3, 0.4) is 0 Å². The Hall–Kier alpha value is -0.120. The van der Waals surface area contributed by atoms with Crippen molar-refractivity contribution in [2.75, 3.05) is 20.8 Å². The maximum absolute atomic E-state index is 5.75. The van der Waals surface area contributed by atoms with E-state index in [4.69, 9.17) is 9.47 Å². The molecule has 0 heterocycles. The smallest absolute Gasteiger partial charge is 0.0986 e. The summed E-state index contributed by atoms with van der Waals surface area (Å²) in [5, 5.41) is 3.23. The van der Waals surface area contributed by atoms with Crippen LogP contribution in [0.4, 0.5) is 0 Å². The van der Waals surface area contributed by atoms with E-state index in [2.05, 4.69) is 12.2 Å². The Morgan fingerprint density at radius 2 is 2.14 bits per heavy atom. The minimum Gasteiger partial charge on any atom is -0.377 e. The van der Waals surface area contributed by atoms with Gasteiger partial charge in [0.25, 0.3) is 0 Å². The molecule has 1 rings (SSSR count). The van der Waals surface area contributed by atoms with Crippen LogP contribution in [0.15, 0.2) is 0 Å². The second-order valence-electron chi connectivity index (χ2n) is 3.95. The maximum Gasteiger partial charge on any atom is 0.0986 e. The molecule has 1 aliphatic rings. The first kappa shape index (κ1) is 12.0. The molecule has 1 fully saturated rings. The highest BCUT2D eigenvalue weighted by molar-refractivity contribution is 4.96. The average molecular weight is 201 g/mol. The van der Waals surface area contributed by atoms with Crippen molar-refractivity contribution in [2.45, 2.75) is 50.9 Å². The fourth-order valence-electron chi connectivity index (χ4n) is 1.93. The Kier molecular flexibility index (Phi) is 5.45. The van der Waals surface area contributed by atoms with Gasteiger partial charge in [0.1, 0.15) is 0 Å². The summed E-state index contributed by atoms with van der Waals surface area (Å²) in [6.45, 7) is 3.09. The molecule has 0 spiro atoms. The number of nitrogens with one attached hydrogen (secondary N) is 1. The number of rotatable bonds is 7. The molecule has 3 unspecified atom stereocenters. The van der Waals surface area contributed by atoms with Crippen LogP contribution in [0.25, 0.3) is 0 Å². The van der Waals surface area contributed by atoms with Gasteiger partial charge in [-0.1, -0.05) is 19.8 Å². The molecule has 0 aromatic heterocycles. The standard InChI is InChI=1S/C11H23NO2/c1-4-5-6-7-14-10-8-9(12-2)11(10)13-3/h9-12H,4-8H2,1-3H3. The minimum atomic E-state index is 0.252. The summed E-state index contributed by atoms with van der Waals surface area (Å²) in [7, 11) is 3.74. The quantitative estimate of drug-likeness (QED) is 0.634. The lowest BCUT2D eigenvalue weighted by Gasteiger charge is -2.43. The molecule has 3 nitrogen and oxygen atoms in total. The normalized spacial score (nSPS) is 31.5. The summed E-state index contributed by atoms with van der Waals surface area (Å²) >= 11 is 0. The van der Waals surface area contributed by atoms with E-state index in [1.54, 1.807) is 7.11 Å². The van der Waals surface area contributed by atoms with Crippen LogP contribution in [0.1, 0.15) is 32.6 Å². The van der Waals surface area contributed by atoms with E-state index in [0.717, 1.165) is 13.0 Å². The molecule has 14 heavy (non-hydrogen) atoms. The molecule has 3 atom stereocenters. The van der Waals surface area contributed by atoms with Crippen molar-refractivity contribution >= 4 is 0 Å². The molecule has 0 radical (unpaired) electrons. The van der Waals surface area contributed by atoms with Crippen LogP contribution in [-0.2, 0) is 9.47 Å². The molecule has 0 aromatic carbocycles. The maximum atomic E-state index is 5.75. The number of ether oxygens (including phenoxy) is 2. The summed E-state index contributed by atoms with van der Waals surface area (Å²) in [4.78, 5) is 0. The van der Waals surface area contributed by atoms with Crippen LogP contribution in [0.2, 0.25) is 0 Å². The van der Waals surface area contributed by atoms with Crippen molar-refractivity contribution in [1.29, 1.82) is 0 Å². The lowest BCUT2D eigenvalue weighted by molar-refractivity contribution is -0.132. The Bertz CT molecular complexity index is 152. The van der Waals surface area contributed by atoms with Gasteiger partial charge in [-0.05, 0) is 19.9 Å². The van der Waals surface area contributed by atoms with Gasteiger partial charge >= 0.3 is 0 Å². The van der Waals surface area contributed by atoms with Crippen molar-refractivity contribution in [3.63, 3.8) is 0 Å². The molecule has 1 N–H and O–H groups in total. The number of hydrogen-bond donors (Lipinski definition) is 1. The fourth-order valence-corrected chi connectivity index (χ4v) is 1.93. The molecule has 0 aliphatic heterocycles. The van der Waals surface area contributed by atoms with Gasteiger partial charge in [0.15, 0.2) is 0 Å². The molecule has 1 aliphatic carbocycles. The summed E-state index contributed by atoms with van der Waals surface area (Å²) in [6, 6.07) is 0.483. The molecule has 3 heteroatoms. The third kappa shape index (κ3) is 2.94. The zero-order valence-corrected chi connectivity index (χ0v) is 9.58. The third-order valence-corrected chi connectivity index (χ3v) is 2.97. The van der Waals surface area contributed by atoms with Gasteiger partial charge in [-0.2, -0.15) is 0 Å². The molecule has 0 bridgehead atoms. The van der Waals surface area contributed by atoms with Crippen LogP contribution in [-0.4, -0.2) is 39.0 Å². The SMILES string of the molecule is CCCCCOC1CC(NC)C1OC. The molecular weight excluding hydrogens is 178 g/mol. The van der Waals surface area contributed by atoms with Crippen LogP contribution in [0.5, 0.6) is 0 Å². The van der Waals surface area contributed by atoms with Gasteiger partial charge in [-0.25, -0.2) is 0 Å². The second kappa shape index (κ2) is 6.38. The Balaban J connectivity index is 2.08. The van der Waals surface area contributed by atoms with Gasteiger partial charge in [-0.15, -0.1) is 0 Å². The first-order valence-electron chi connectivity index (χ1n) is 5.65. The van der Waals surface area contributed by atoms with Crippen molar-refractivity contribution < 1.29 is 9.47 Å². The van der Waals surface area contributed by atoms with E-state index in [1.165, 1.54) is 19.3 Å². The van der Waals surface area contributed by atoms with E-state index in [9.17, 15) is 0 Å². The molecule has 0 saturated heterocycles. The van der Waals surface area contributed by atoms with Crippen LogP contribution >= 0.6 is 0 Å². The van der Waals surface area contributed by atoms with Crippen molar-refractivity contribution in [3.05, 3.63) is 0 Å². The van der Waals surface area contributed by atoms with Gasteiger partial charge < -0.3 is 14.8 Å². The first-order valence-corrected chi connectivity index (χ1v) is 5.65. The predicted octanol–water partition coefficient (Wildman–Crippen LogP) is 1.57. The van der Waals surface area contributed by atoms with Crippen LogP contribution < -0.4 is 5.32 Å². The lowest BCUT2D eigenvalue weighted by Crippen LogP contribution is -2.58. The Morgan fingerprint density at radius 1 is 1.36 bits per heavy atom. The van der Waals surface area contributed by atoms with Crippen molar-refractivity contribution in [2.24, 2.45) is 0 Å². The second-order valence-corrected chi connectivity index (χ2v) is 3.95. The van der Waals surface area contributed by atoms with Gasteiger partial charge in [0.05, 0.1) is 12.2 Å². The van der Waals surface area contributed by atoms with Gasteiger partial charge in [0, 0.05) is 19.8 Å². The Morgan fingerprint density at radius 3 is 2.71 bits per heavy atom.